The van der Waals surface area contributed by atoms with Crippen LogP contribution < -0.4 is 16.0 Å². The number of benzene rings is 1. The Kier molecular flexibility index (Phi) is 11.5. The zero-order valence-electron chi connectivity index (χ0n) is 19.9. The van der Waals surface area contributed by atoms with E-state index in [1.807, 2.05) is 49.1 Å². The van der Waals surface area contributed by atoms with E-state index in [0.29, 0.717) is 45.6 Å². The van der Waals surface area contributed by atoms with Gasteiger partial charge >= 0.3 is 5.97 Å². The van der Waals surface area contributed by atoms with Crippen LogP contribution in [0.4, 0.5) is 0 Å². The molecule has 1 saturated heterocycles. The van der Waals surface area contributed by atoms with Crippen LogP contribution in [0, 0.1) is 5.92 Å². The predicted octanol–water partition coefficient (Wildman–Crippen LogP) is 0.168. The molecule has 1 heterocycles. The number of carboxylic acid groups (broad SMARTS) is 1. The van der Waals surface area contributed by atoms with E-state index in [9.17, 15) is 19.2 Å². The highest BCUT2D eigenvalue weighted by molar-refractivity contribution is 5.93. The summed E-state index contributed by atoms with van der Waals surface area (Å²) < 4.78 is 5.31. The number of aliphatic carboxylic acids is 1. The minimum atomic E-state index is -1.17. The van der Waals surface area contributed by atoms with Crippen LogP contribution in [0.5, 0.6) is 0 Å². The first kappa shape index (κ1) is 27.3. The number of rotatable bonds is 13. The fourth-order valence-corrected chi connectivity index (χ4v) is 3.69. The molecule has 1 fully saturated rings. The van der Waals surface area contributed by atoms with Crippen LogP contribution in [-0.4, -0.2) is 85.2 Å². The zero-order chi connectivity index (χ0) is 24.9. The fraction of sp³-hybridized carbons (Fsp3) is 0.583. The number of aryl methyl sites for hydroxylation is 1. The molecule has 0 aromatic heterocycles. The van der Waals surface area contributed by atoms with Crippen molar-refractivity contribution in [2.45, 2.75) is 45.2 Å². The van der Waals surface area contributed by atoms with Gasteiger partial charge in [0.25, 0.3) is 0 Å². The molecule has 0 saturated carbocycles. The molecule has 2 atom stereocenters. The lowest BCUT2D eigenvalue weighted by atomic mass is 10.0. The van der Waals surface area contributed by atoms with Crippen molar-refractivity contribution in [2.24, 2.45) is 5.92 Å². The molecule has 1 aromatic carbocycles. The van der Waals surface area contributed by atoms with Gasteiger partial charge in [0.05, 0.1) is 19.8 Å². The molecular formula is C24H36N4O6. The first-order valence-electron chi connectivity index (χ1n) is 11.7. The van der Waals surface area contributed by atoms with Gasteiger partial charge in [0, 0.05) is 13.1 Å². The third kappa shape index (κ3) is 10.3. The summed E-state index contributed by atoms with van der Waals surface area (Å²) in [4.78, 5) is 51.2. The van der Waals surface area contributed by atoms with Crippen molar-refractivity contribution in [3.8, 4) is 0 Å². The first-order valence-corrected chi connectivity index (χ1v) is 11.7. The van der Waals surface area contributed by atoms with Gasteiger partial charge in [0.1, 0.15) is 18.6 Å². The number of morpholine rings is 1. The predicted molar refractivity (Wildman–Crippen MR) is 126 cm³/mol. The van der Waals surface area contributed by atoms with Gasteiger partial charge in [-0.3, -0.25) is 24.1 Å². The quantitative estimate of drug-likeness (QED) is 0.318. The molecule has 1 aliphatic rings. The van der Waals surface area contributed by atoms with Crippen LogP contribution >= 0.6 is 0 Å². The maximum atomic E-state index is 13.2. The number of carbonyl (C=O) groups excluding carboxylic acids is 3. The molecule has 3 amide bonds. The summed E-state index contributed by atoms with van der Waals surface area (Å²) in [7, 11) is 0. The third-order valence-corrected chi connectivity index (χ3v) is 5.44. The molecule has 10 heteroatoms. The van der Waals surface area contributed by atoms with Crippen LogP contribution in [0.15, 0.2) is 30.3 Å². The lowest BCUT2D eigenvalue weighted by Gasteiger charge is -2.27. The third-order valence-electron chi connectivity index (χ3n) is 5.44. The van der Waals surface area contributed by atoms with E-state index in [1.165, 1.54) is 0 Å². The summed E-state index contributed by atoms with van der Waals surface area (Å²) >= 11 is 0. The average molecular weight is 477 g/mol. The maximum absolute atomic E-state index is 13.2. The van der Waals surface area contributed by atoms with Crippen molar-refractivity contribution < 1.29 is 29.0 Å². The number of carbonyl (C=O) groups is 4. The Hall–Kier alpha value is -2.98. The van der Waals surface area contributed by atoms with E-state index in [-0.39, 0.29) is 18.4 Å². The highest BCUT2D eigenvalue weighted by atomic mass is 16.5. The SMILES string of the molecule is CC(C)C[C@H](NC(=O)[C@H](CCc1ccccc1)NC(=O)CN1CCOCC1)C(=O)NCC(=O)O. The molecule has 4 N–H and O–H groups in total. The Labute approximate surface area is 200 Å². The second kappa shape index (κ2) is 14.3. The van der Waals surface area contributed by atoms with Crippen molar-refractivity contribution in [2.75, 3.05) is 39.4 Å². The largest absolute Gasteiger partial charge is 0.480 e. The maximum Gasteiger partial charge on any atom is 0.322 e. The van der Waals surface area contributed by atoms with E-state index < -0.39 is 36.4 Å². The Balaban J connectivity index is 2.06. The molecule has 0 spiro atoms. The number of nitrogens with zero attached hydrogens (tertiary/aromatic N) is 1. The average Bonchev–Trinajstić information content (AvgIpc) is 2.80. The van der Waals surface area contributed by atoms with E-state index >= 15 is 0 Å². The first-order chi connectivity index (χ1) is 16.2. The molecular weight excluding hydrogens is 440 g/mol. The lowest BCUT2D eigenvalue weighted by Crippen LogP contribution is -2.55. The number of hydrogen-bond donors (Lipinski definition) is 4. The summed E-state index contributed by atoms with van der Waals surface area (Å²) in [5, 5.41) is 16.7. The van der Waals surface area contributed by atoms with Crippen molar-refractivity contribution >= 4 is 23.7 Å². The number of amides is 3. The zero-order valence-corrected chi connectivity index (χ0v) is 19.9. The number of hydrogen-bond acceptors (Lipinski definition) is 6. The van der Waals surface area contributed by atoms with Crippen molar-refractivity contribution in [1.29, 1.82) is 0 Å². The summed E-state index contributed by atoms with van der Waals surface area (Å²) in [5.74, 6) is -2.39. The van der Waals surface area contributed by atoms with Crippen LogP contribution in [0.3, 0.4) is 0 Å². The summed E-state index contributed by atoms with van der Waals surface area (Å²) in [6, 6.07) is 7.89. The smallest absolute Gasteiger partial charge is 0.322 e. The standard InChI is InChI=1S/C24H36N4O6/c1-17(2)14-20(23(32)25-15-22(30)31)27-24(33)19(9-8-18-6-4-3-5-7-18)26-21(29)16-28-10-12-34-13-11-28/h3-7,17,19-20H,8-16H2,1-2H3,(H,25,32)(H,26,29)(H,27,33)(H,30,31)/t19-,20-/m0/s1. The normalized spacial score (nSPS) is 15.9. The van der Waals surface area contributed by atoms with Gasteiger partial charge in [-0.25, -0.2) is 0 Å². The monoisotopic (exact) mass is 476 g/mol. The topological polar surface area (TPSA) is 137 Å². The molecule has 1 aliphatic heterocycles. The lowest BCUT2D eigenvalue weighted by molar-refractivity contribution is -0.138. The molecule has 2 rings (SSSR count). The minimum Gasteiger partial charge on any atom is -0.480 e. The van der Waals surface area contributed by atoms with Crippen LogP contribution in [0.25, 0.3) is 0 Å². The number of nitrogens with one attached hydrogen (secondary N) is 3. The molecule has 188 valence electrons. The molecule has 10 nitrogen and oxygen atoms in total. The van der Waals surface area contributed by atoms with Crippen molar-refractivity contribution in [1.82, 2.24) is 20.9 Å². The summed E-state index contributed by atoms with van der Waals surface area (Å²) in [5.41, 5.74) is 1.03. The molecule has 1 aromatic rings. The van der Waals surface area contributed by atoms with Crippen molar-refractivity contribution in [3.05, 3.63) is 35.9 Å². The van der Waals surface area contributed by atoms with Crippen molar-refractivity contribution in [3.63, 3.8) is 0 Å². The highest BCUT2D eigenvalue weighted by Gasteiger charge is 2.28. The molecule has 0 aliphatic carbocycles. The Morgan fingerprint density at radius 3 is 2.29 bits per heavy atom. The summed E-state index contributed by atoms with van der Waals surface area (Å²) in [6.07, 6.45) is 1.26. The second-order valence-electron chi connectivity index (χ2n) is 8.84. The van der Waals surface area contributed by atoms with E-state index in [0.717, 1.165) is 5.56 Å². The van der Waals surface area contributed by atoms with E-state index in [2.05, 4.69) is 16.0 Å². The van der Waals surface area contributed by atoms with E-state index in [1.54, 1.807) is 0 Å². The van der Waals surface area contributed by atoms with Gasteiger partial charge in [0.15, 0.2) is 0 Å². The number of carboxylic acids is 1. The molecule has 0 radical (unpaired) electrons. The van der Waals surface area contributed by atoms with Crippen LogP contribution in [-0.2, 0) is 30.3 Å². The second-order valence-corrected chi connectivity index (χ2v) is 8.84. The van der Waals surface area contributed by atoms with Crippen LogP contribution in [0.1, 0.15) is 32.3 Å². The van der Waals surface area contributed by atoms with Gasteiger partial charge in [-0.05, 0) is 30.7 Å². The van der Waals surface area contributed by atoms with E-state index in [4.69, 9.17) is 9.84 Å². The molecule has 0 unspecified atom stereocenters. The van der Waals surface area contributed by atoms with Gasteiger partial charge in [-0.15, -0.1) is 0 Å². The van der Waals surface area contributed by atoms with Gasteiger partial charge < -0.3 is 25.8 Å². The van der Waals surface area contributed by atoms with Gasteiger partial charge in [-0.2, -0.15) is 0 Å². The summed E-state index contributed by atoms with van der Waals surface area (Å²) in [6.45, 7) is 5.86. The Morgan fingerprint density at radius 1 is 1.00 bits per heavy atom. The Morgan fingerprint density at radius 2 is 1.68 bits per heavy atom. The highest BCUT2D eigenvalue weighted by Crippen LogP contribution is 2.09. The van der Waals surface area contributed by atoms with Gasteiger partial charge in [-0.1, -0.05) is 44.2 Å². The van der Waals surface area contributed by atoms with Crippen LogP contribution in [0.2, 0.25) is 0 Å². The van der Waals surface area contributed by atoms with Gasteiger partial charge in [0.2, 0.25) is 17.7 Å². The molecule has 0 bridgehead atoms. The molecule has 34 heavy (non-hydrogen) atoms. The fourth-order valence-electron chi connectivity index (χ4n) is 3.69. The minimum absolute atomic E-state index is 0.0829. The number of ether oxygens (including phenoxy) is 1. The Bertz CT molecular complexity index is 811.